The largest absolute Gasteiger partial charge is 0.370 e. The number of fused-ring (bicyclic) bond motifs is 2. The van der Waals surface area contributed by atoms with E-state index in [2.05, 4.69) is 43.3 Å². The monoisotopic (exact) mass is 432 g/mol. The summed E-state index contributed by atoms with van der Waals surface area (Å²) in [6, 6.07) is 12.9. The van der Waals surface area contributed by atoms with Crippen LogP contribution in [0.3, 0.4) is 0 Å². The fraction of sp³-hybridized carbons (Fsp3) is 0.174. The minimum absolute atomic E-state index is 0.160. The maximum Gasteiger partial charge on any atom is 0.247 e. The number of anilines is 1. The van der Waals surface area contributed by atoms with Gasteiger partial charge in [-0.3, -0.25) is 14.9 Å². The molecule has 0 radical (unpaired) electrons. The van der Waals surface area contributed by atoms with Gasteiger partial charge in [0, 0.05) is 48.1 Å². The quantitative estimate of drug-likeness (QED) is 0.373. The van der Waals surface area contributed by atoms with Crippen molar-refractivity contribution in [3.8, 4) is 0 Å². The number of H-pyrrole nitrogens is 1. The minimum Gasteiger partial charge on any atom is -0.370 e. The second-order valence-corrected chi connectivity index (χ2v) is 8.01. The predicted molar refractivity (Wildman–Crippen MR) is 121 cm³/mol. The Hall–Kier alpha value is -3.42. The third kappa shape index (κ3) is 4.10. The average Bonchev–Trinajstić information content (AvgIpc) is 3.45. The lowest BCUT2D eigenvalue weighted by molar-refractivity contribution is -0.122. The molecule has 156 valence electrons. The number of aromatic nitrogens is 3. The number of carbonyl (C=O) groups excluding carboxylic acids is 1. The normalized spacial score (nSPS) is 13.7. The highest BCUT2D eigenvalue weighted by molar-refractivity contribution is 6.31. The fourth-order valence-corrected chi connectivity index (χ4v) is 4.14. The van der Waals surface area contributed by atoms with Crippen molar-refractivity contribution in [3.05, 3.63) is 88.3 Å². The zero-order valence-electron chi connectivity index (χ0n) is 16.7. The molecule has 0 fully saturated rings. The molecule has 0 aliphatic carbocycles. The Bertz CT molecular complexity index is 1240. The number of aromatic amines is 1. The van der Waals surface area contributed by atoms with E-state index in [0.29, 0.717) is 11.6 Å². The van der Waals surface area contributed by atoms with Crippen molar-refractivity contribution in [1.29, 1.82) is 0 Å². The van der Waals surface area contributed by atoms with Crippen LogP contribution in [0.15, 0.2) is 61.1 Å². The van der Waals surface area contributed by atoms with Gasteiger partial charge in [0.15, 0.2) is 0 Å². The molecule has 3 heterocycles. The Morgan fingerprint density at radius 3 is 2.90 bits per heavy atom. The van der Waals surface area contributed by atoms with Gasteiger partial charge in [-0.2, -0.15) is 5.10 Å². The molecule has 1 aliphatic heterocycles. The molecule has 1 amide bonds. The van der Waals surface area contributed by atoms with E-state index in [1.165, 1.54) is 11.1 Å². The van der Waals surface area contributed by atoms with Crippen LogP contribution in [0.25, 0.3) is 10.9 Å². The third-order valence-electron chi connectivity index (χ3n) is 5.47. The summed E-state index contributed by atoms with van der Waals surface area (Å²) < 4.78 is 0. The maximum absolute atomic E-state index is 13.4. The SMILES string of the molecule is O=C(NCc1cccnc1)[C@H](Nc1ccc2c(c1)CNC2)c1cc(Cl)cc2[nH]ncc12. The molecular formula is C23H21ClN6O. The molecular weight excluding hydrogens is 412 g/mol. The molecule has 0 saturated heterocycles. The van der Waals surface area contributed by atoms with Crippen molar-refractivity contribution in [3.63, 3.8) is 0 Å². The van der Waals surface area contributed by atoms with Crippen LogP contribution >= 0.6 is 11.6 Å². The molecule has 2 aromatic heterocycles. The standard InChI is InChI=1S/C23H21ClN6O/c24-17-7-19(20-13-28-30-21(20)8-17)22(23(31)27-10-14-2-1-5-25-9-14)29-18-4-3-15-11-26-12-16(15)6-18/h1-9,13,22,26,29H,10-12H2,(H,27,31)(H,28,30)/t22-/m1/s1. The molecule has 4 N–H and O–H groups in total. The van der Waals surface area contributed by atoms with Crippen molar-refractivity contribution in [2.24, 2.45) is 0 Å². The van der Waals surface area contributed by atoms with Crippen LogP contribution in [0.5, 0.6) is 0 Å². The molecule has 2 aromatic carbocycles. The zero-order valence-corrected chi connectivity index (χ0v) is 17.4. The van der Waals surface area contributed by atoms with Crippen LogP contribution in [-0.2, 0) is 24.4 Å². The molecule has 5 rings (SSSR count). The van der Waals surface area contributed by atoms with Gasteiger partial charge < -0.3 is 16.0 Å². The summed E-state index contributed by atoms with van der Waals surface area (Å²) in [6.07, 6.45) is 5.17. The first-order valence-electron chi connectivity index (χ1n) is 10.1. The Balaban J connectivity index is 1.48. The van der Waals surface area contributed by atoms with Gasteiger partial charge in [-0.15, -0.1) is 0 Å². The van der Waals surface area contributed by atoms with Crippen LogP contribution in [0.4, 0.5) is 5.69 Å². The number of hydrogen-bond donors (Lipinski definition) is 4. The van der Waals surface area contributed by atoms with Gasteiger partial charge in [-0.1, -0.05) is 23.7 Å². The average molecular weight is 433 g/mol. The second-order valence-electron chi connectivity index (χ2n) is 7.57. The summed E-state index contributed by atoms with van der Waals surface area (Å²) in [5, 5.41) is 18.2. The van der Waals surface area contributed by atoms with E-state index in [1.807, 2.05) is 24.3 Å². The van der Waals surface area contributed by atoms with E-state index in [1.54, 1.807) is 24.7 Å². The van der Waals surface area contributed by atoms with E-state index in [0.717, 1.165) is 40.8 Å². The van der Waals surface area contributed by atoms with Crippen molar-refractivity contribution >= 4 is 34.1 Å². The lowest BCUT2D eigenvalue weighted by atomic mass is 10.0. The summed E-state index contributed by atoms with van der Waals surface area (Å²) in [5.74, 6) is -0.160. The van der Waals surface area contributed by atoms with Gasteiger partial charge in [0.2, 0.25) is 5.91 Å². The van der Waals surface area contributed by atoms with Crippen LogP contribution in [-0.4, -0.2) is 21.1 Å². The van der Waals surface area contributed by atoms with Gasteiger partial charge in [0.1, 0.15) is 6.04 Å². The lowest BCUT2D eigenvalue weighted by Gasteiger charge is -2.21. The van der Waals surface area contributed by atoms with Gasteiger partial charge in [-0.05, 0) is 52.6 Å². The zero-order chi connectivity index (χ0) is 21.2. The van der Waals surface area contributed by atoms with Crippen molar-refractivity contribution < 1.29 is 4.79 Å². The summed E-state index contributed by atoms with van der Waals surface area (Å²) in [5.41, 5.74) is 5.87. The predicted octanol–water partition coefficient (Wildman–Crippen LogP) is 3.68. The lowest BCUT2D eigenvalue weighted by Crippen LogP contribution is -2.33. The number of pyridine rings is 1. The number of nitrogens with one attached hydrogen (secondary N) is 4. The second kappa shape index (κ2) is 8.37. The van der Waals surface area contributed by atoms with Crippen LogP contribution < -0.4 is 16.0 Å². The number of carbonyl (C=O) groups is 1. The number of rotatable bonds is 6. The van der Waals surface area contributed by atoms with E-state index in [9.17, 15) is 4.79 Å². The minimum atomic E-state index is -0.650. The smallest absolute Gasteiger partial charge is 0.247 e. The van der Waals surface area contributed by atoms with Crippen LogP contribution in [0, 0.1) is 0 Å². The van der Waals surface area contributed by atoms with E-state index >= 15 is 0 Å². The molecule has 0 bridgehead atoms. The Kier molecular flexibility index (Phi) is 5.28. The summed E-state index contributed by atoms with van der Waals surface area (Å²) in [7, 11) is 0. The third-order valence-corrected chi connectivity index (χ3v) is 5.68. The summed E-state index contributed by atoms with van der Waals surface area (Å²) in [4.78, 5) is 17.5. The Morgan fingerprint density at radius 2 is 2.03 bits per heavy atom. The van der Waals surface area contributed by atoms with Gasteiger partial charge in [0.25, 0.3) is 0 Å². The van der Waals surface area contributed by atoms with Crippen molar-refractivity contribution in [1.82, 2.24) is 25.8 Å². The van der Waals surface area contributed by atoms with Crippen molar-refractivity contribution in [2.45, 2.75) is 25.7 Å². The van der Waals surface area contributed by atoms with E-state index in [-0.39, 0.29) is 5.91 Å². The molecule has 0 saturated carbocycles. The summed E-state index contributed by atoms with van der Waals surface area (Å²) >= 11 is 6.36. The van der Waals surface area contributed by atoms with Gasteiger partial charge >= 0.3 is 0 Å². The van der Waals surface area contributed by atoms with Gasteiger partial charge in [-0.25, -0.2) is 0 Å². The highest BCUT2D eigenvalue weighted by atomic mass is 35.5. The highest BCUT2D eigenvalue weighted by Gasteiger charge is 2.24. The first-order chi connectivity index (χ1) is 15.2. The molecule has 31 heavy (non-hydrogen) atoms. The molecule has 4 aromatic rings. The van der Waals surface area contributed by atoms with E-state index < -0.39 is 6.04 Å². The molecule has 1 atom stereocenters. The Morgan fingerprint density at radius 1 is 1.13 bits per heavy atom. The first kappa shape index (κ1) is 19.5. The number of nitrogens with zero attached hydrogens (tertiary/aromatic N) is 2. The van der Waals surface area contributed by atoms with E-state index in [4.69, 9.17) is 11.6 Å². The maximum atomic E-state index is 13.4. The number of hydrogen-bond acceptors (Lipinski definition) is 5. The Labute approximate surface area is 184 Å². The van der Waals surface area contributed by atoms with Crippen molar-refractivity contribution in [2.75, 3.05) is 5.32 Å². The molecule has 8 heteroatoms. The number of halogens is 1. The molecule has 7 nitrogen and oxygen atoms in total. The molecule has 0 spiro atoms. The first-order valence-corrected chi connectivity index (χ1v) is 10.4. The van der Waals surface area contributed by atoms with Gasteiger partial charge in [0.05, 0.1) is 11.7 Å². The number of benzene rings is 2. The van der Waals surface area contributed by atoms with Crippen LogP contribution in [0.2, 0.25) is 5.02 Å². The highest BCUT2D eigenvalue weighted by Crippen LogP contribution is 2.31. The fourth-order valence-electron chi connectivity index (χ4n) is 3.91. The molecule has 0 unspecified atom stereocenters. The van der Waals surface area contributed by atoms with Crippen LogP contribution in [0.1, 0.15) is 28.3 Å². The summed E-state index contributed by atoms with van der Waals surface area (Å²) in [6.45, 7) is 2.08. The topological polar surface area (TPSA) is 94.7 Å². The molecule has 1 aliphatic rings. The number of amides is 1.